The normalized spacial score (nSPS) is 25.0. The Morgan fingerprint density at radius 2 is 1.83 bits per heavy atom. The van der Waals surface area contributed by atoms with Gasteiger partial charge in [-0.3, -0.25) is 0 Å². The van der Waals surface area contributed by atoms with E-state index in [4.69, 9.17) is 0 Å². The maximum atomic E-state index is 3.56. The molecule has 2 aliphatic rings. The zero-order valence-electron chi connectivity index (χ0n) is 7.72. The van der Waals surface area contributed by atoms with E-state index in [2.05, 4.69) is 17.1 Å². The molecule has 0 unspecified atom stereocenters. The fraction of sp³-hybridized carbons (Fsp3) is 1.00. The van der Waals surface area contributed by atoms with Gasteiger partial charge in [-0.1, -0.05) is 12.8 Å². The fourth-order valence-corrected chi connectivity index (χ4v) is 3.07. The van der Waals surface area contributed by atoms with E-state index in [0.29, 0.717) is 0 Å². The van der Waals surface area contributed by atoms with Crippen molar-refractivity contribution in [3.63, 3.8) is 0 Å². The molecule has 0 bridgehead atoms. The second-order valence-corrected chi connectivity index (χ2v) is 5.41. The van der Waals surface area contributed by atoms with Crippen LogP contribution in [0.1, 0.15) is 38.5 Å². The topological polar surface area (TPSA) is 12.0 Å². The van der Waals surface area contributed by atoms with Gasteiger partial charge in [0.1, 0.15) is 0 Å². The zero-order valence-corrected chi connectivity index (χ0v) is 8.54. The Balaban J connectivity index is 1.44. The van der Waals surface area contributed by atoms with Gasteiger partial charge in [0.15, 0.2) is 0 Å². The molecule has 1 N–H and O–H groups in total. The molecule has 0 aliphatic heterocycles. The Morgan fingerprint density at radius 1 is 1.08 bits per heavy atom. The van der Waals surface area contributed by atoms with Crippen molar-refractivity contribution >= 4 is 11.8 Å². The van der Waals surface area contributed by atoms with Crippen molar-refractivity contribution < 1.29 is 0 Å². The molecule has 2 rings (SSSR count). The molecule has 2 aliphatic carbocycles. The summed E-state index contributed by atoms with van der Waals surface area (Å²) in [5.41, 5.74) is 0. The summed E-state index contributed by atoms with van der Waals surface area (Å²) in [7, 11) is 0. The highest BCUT2D eigenvalue weighted by Crippen LogP contribution is 2.29. The Morgan fingerprint density at radius 3 is 2.50 bits per heavy atom. The molecule has 0 aromatic heterocycles. The third-order valence-corrected chi connectivity index (χ3v) is 4.15. The molecule has 0 spiro atoms. The van der Waals surface area contributed by atoms with Crippen molar-refractivity contribution in [1.82, 2.24) is 5.32 Å². The summed E-state index contributed by atoms with van der Waals surface area (Å²) in [6, 6.07) is 0.897. The van der Waals surface area contributed by atoms with Crippen molar-refractivity contribution in [2.24, 2.45) is 0 Å². The lowest BCUT2D eigenvalue weighted by Crippen LogP contribution is -2.19. The highest BCUT2D eigenvalue weighted by molar-refractivity contribution is 7.99. The maximum Gasteiger partial charge on any atom is 0.00685 e. The molecular formula is C10H19NS. The number of hydrogen-bond acceptors (Lipinski definition) is 2. The summed E-state index contributed by atoms with van der Waals surface area (Å²) in [6.07, 6.45) is 8.77. The first-order valence-electron chi connectivity index (χ1n) is 5.30. The minimum Gasteiger partial charge on any atom is -0.313 e. The van der Waals surface area contributed by atoms with E-state index in [0.717, 1.165) is 11.3 Å². The van der Waals surface area contributed by atoms with Crippen LogP contribution in [0.3, 0.4) is 0 Å². The van der Waals surface area contributed by atoms with Gasteiger partial charge >= 0.3 is 0 Å². The van der Waals surface area contributed by atoms with E-state index in [1.165, 1.54) is 50.8 Å². The van der Waals surface area contributed by atoms with Gasteiger partial charge < -0.3 is 5.32 Å². The van der Waals surface area contributed by atoms with E-state index in [9.17, 15) is 0 Å². The minimum absolute atomic E-state index is 0.897. The molecule has 0 saturated heterocycles. The van der Waals surface area contributed by atoms with Gasteiger partial charge in [0.25, 0.3) is 0 Å². The van der Waals surface area contributed by atoms with Crippen molar-refractivity contribution in [2.75, 3.05) is 12.3 Å². The summed E-state index contributed by atoms with van der Waals surface area (Å²) in [5.74, 6) is 1.33. The van der Waals surface area contributed by atoms with Gasteiger partial charge in [0, 0.05) is 23.6 Å². The first-order chi connectivity index (χ1) is 5.95. The van der Waals surface area contributed by atoms with Gasteiger partial charge in [-0.25, -0.2) is 0 Å². The second kappa shape index (κ2) is 4.52. The number of rotatable bonds is 5. The van der Waals surface area contributed by atoms with Gasteiger partial charge in [-0.2, -0.15) is 11.8 Å². The van der Waals surface area contributed by atoms with E-state index in [1.807, 2.05) is 0 Å². The predicted octanol–water partition coefficient (Wildman–Crippen LogP) is 2.41. The Bertz CT molecular complexity index is 128. The van der Waals surface area contributed by atoms with E-state index >= 15 is 0 Å². The van der Waals surface area contributed by atoms with Crippen LogP contribution in [0.2, 0.25) is 0 Å². The zero-order chi connectivity index (χ0) is 8.23. The van der Waals surface area contributed by atoms with Crippen LogP contribution in [0, 0.1) is 0 Å². The monoisotopic (exact) mass is 185 g/mol. The summed E-state index contributed by atoms with van der Waals surface area (Å²) in [4.78, 5) is 0. The van der Waals surface area contributed by atoms with Crippen LogP contribution in [-0.2, 0) is 0 Å². The molecule has 2 fully saturated rings. The van der Waals surface area contributed by atoms with Crippen LogP contribution < -0.4 is 5.32 Å². The average molecular weight is 185 g/mol. The molecule has 0 radical (unpaired) electrons. The number of thioether (sulfide) groups is 1. The van der Waals surface area contributed by atoms with Gasteiger partial charge in [-0.15, -0.1) is 0 Å². The lowest BCUT2D eigenvalue weighted by molar-refractivity contribution is 0.724. The van der Waals surface area contributed by atoms with E-state index in [1.54, 1.807) is 0 Å². The Hall–Kier alpha value is 0.310. The largest absolute Gasteiger partial charge is 0.313 e. The average Bonchev–Trinajstić information content (AvgIpc) is 2.76. The highest BCUT2D eigenvalue weighted by Gasteiger charge is 2.20. The minimum atomic E-state index is 0.897. The van der Waals surface area contributed by atoms with Crippen LogP contribution in [-0.4, -0.2) is 23.6 Å². The molecule has 1 nitrogen and oxygen atoms in total. The van der Waals surface area contributed by atoms with Crippen molar-refractivity contribution in [3.8, 4) is 0 Å². The molecular weight excluding hydrogens is 166 g/mol. The lowest BCUT2D eigenvalue weighted by Gasteiger charge is -2.08. The summed E-state index contributed by atoms with van der Waals surface area (Å²) in [6.45, 7) is 1.24. The van der Waals surface area contributed by atoms with Crippen LogP contribution in [0.4, 0.5) is 0 Å². The molecule has 2 saturated carbocycles. The van der Waals surface area contributed by atoms with Gasteiger partial charge in [0.2, 0.25) is 0 Å². The molecule has 0 amide bonds. The maximum absolute atomic E-state index is 3.56. The third-order valence-electron chi connectivity index (χ3n) is 2.77. The van der Waals surface area contributed by atoms with Crippen LogP contribution in [0.25, 0.3) is 0 Å². The van der Waals surface area contributed by atoms with Crippen molar-refractivity contribution in [2.45, 2.75) is 49.8 Å². The highest BCUT2D eigenvalue weighted by atomic mass is 32.2. The van der Waals surface area contributed by atoms with Gasteiger partial charge in [-0.05, 0) is 25.7 Å². The Labute approximate surface area is 79.7 Å². The smallest absolute Gasteiger partial charge is 0.00685 e. The van der Waals surface area contributed by atoms with Crippen molar-refractivity contribution in [1.29, 1.82) is 0 Å². The molecule has 70 valence electrons. The van der Waals surface area contributed by atoms with Gasteiger partial charge in [0.05, 0.1) is 0 Å². The predicted molar refractivity (Wildman–Crippen MR) is 55.7 cm³/mol. The lowest BCUT2D eigenvalue weighted by atomic mass is 10.4. The van der Waals surface area contributed by atoms with E-state index in [-0.39, 0.29) is 0 Å². The number of nitrogens with one attached hydrogen (secondary N) is 1. The second-order valence-electron chi connectivity index (χ2n) is 4.01. The SMILES string of the molecule is C1CCC(SCCNC2CC2)C1. The summed E-state index contributed by atoms with van der Waals surface area (Å²) >= 11 is 2.19. The van der Waals surface area contributed by atoms with Crippen LogP contribution in [0.5, 0.6) is 0 Å². The Kier molecular flexibility index (Phi) is 3.35. The first kappa shape index (κ1) is 8.89. The molecule has 12 heavy (non-hydrogen) atoms. The number of hydrogen-bond donors (Lipinski definition) is 1. The molecule has 0 aromatic carbocycles. The quantitative estimate of drug-likeness (QED) is 0.660. The van der Waals surface area contributed by atoms with Crippen LogP contribution in [0.15, 0.2) is 0 Å². The van der Waals surface area contributed by atoms with E-state index < -0.39 is 0 Å². The molecule has 0 aromatic rings. The summed E-state index contributed by atoms with van der Waals surface area (Å²) < 4.78 is 0. The molecule has 0 atom stereocenters. The van der Waals surface area contributed by atoms with Crippen molar-refractivity contribution in [3.05, 3.63) is 0 Å². The molecule has 0 heterocycles. The third kappa shape index (κ3) is 2.98. The van der Waals surface area contributed by atoms with Crippen LogP contribution >= 0.6 is 11.8 Å². The summed E-state index contributed by atoms with van der Waals surface area (Å²) in [5, 5.41) is 4.57. The standard InChI is InChI=1S/C10H19NS/c1-2-4-10(3-1)12-8-7-11-9-5-6-9/h9-11H,1-8H2. The first-order valence-corrected chi connectivity index (χ1v) is 6.35. The fourth-order valence-electron chi connectivity index (χ4n) is 1.83. The molecule has 2 heteroatoms.